The van der Waals surface area contributed by atoms with Gasteiger partial charge in [0, 0.05) is 49.9 Å². The monoisotopic (exact) mass is 482 g/mol. The van der Waals surface area contributed by atoms with E-state index in [2.05, 4.69) is 18.9 Å². The summed E-state index contributed by atoms with van der Waals surface area (Å²) in [6.07, 6.45) is -1.44. The number of nitrogens with zero attached hydrogens (tertiary/aromatic N) is 4. The van der Waals surface area contributed by atoms with E-state index >= 15 is 0 Å². The number of aryl methyl sites for hydroxylation is 1. The van der Waals surface area contributed by atoms with Crippen LogP contribution in [0.2, 0.25) is 5.15 Å². The van der Waals surface area contributed by atoms with E-state index in [1.807, 2.05) is 6.92 Å². The van der Waals surface area contributed by atoms with Crippen LogP contribution in [0.4, 0.5) is 13.2 Å². The maximum absolute atomic E-state index is 12.9. The van der Waals surface area contributed by atoms with E-state index in [1.54, 1.807) is 15.7 Å². The molecule has 2 aromatic rings. The number of hydrogen-bond acceptors (Lipinski definition) is 3. The van der Waals surface area contributed by atoms with Crippen molar-refractivity contribution in [3.05, 3.63) is 57.9 Å². The van der Waals surface area contributed by atoms with Crippen molar-refractivity contribution < 1.29 is 22.8 Å². The number of alkyl halides is 3. The van der Waals surface area contributed by atoms with Gasteiger partial charge in [-0.05, 0) is 37.1 Å². The lowest BCUT2D eigenvalue weighted by molar-refractivity contribution is -0.137. The Morgan fingerprint density at radius 3 is 2.39 bits per heavy atom. The molecule has 1 saturated heterocycles. The molecule has 2 amide bonds. The molecule has 0 N–H and O–H groups in total. The van der Waals surface area contributed by atoms with Crippen molar-refractivity contribution in [2.24, 2.45) is 5.92 Å². The molecule has 0 saturated carbocycles. The van der Waals surface area contributed by atoms with Crippen molar-refractivity contribution in [1.82, 2.24) is 19.6 Å². The Morgan fingerprint density at radius 1 is 1.15 bits per heavy atom. The SMILES string of the molecule is Cc1nn(CC(C)C)c(Cl)c1C=CC(=O)N1CCN(C(=O)c2cccc(C(F)(F)F)c2)CC1. The van der Waals surface area contributed by atoms with E-state index < -0.39 is 17.6 Å². The average Bonchev–Trinajstić information content (AvgIpc) is 3.03. The number of piperazine rings is 1. The highest BCUT2D eigenvalue weighted by Crippen LogP contribution is 2.30. The molecule has 1 aliphatic rings. The molecule has 0 atom stereocenters. The molecule has 0 bridgehead atoms. The van der Waals surface area contributed by atoms with Crippen molar-refractivity contribution in [3.63, 3.8) is 0 Å². The highest BCUT2D eigenvalue weighted by Gasteiger charge is 2.32. The van der Waals surface area contributed by atoms with Crippen LogP contribution in [0.1, 0.15) is 41.0 Å². The van der Waals surface area contributed by atoms with Gasteiger partial charge in [0.2, 0.25) is 5.91 Å². The number of carbonyl (C=O) groups is 2. The Bertz CT molecular complexity index is 1050. The minimum absolute atomic E-state index is 0.0203. The smallest absolute Gasteiger partial charge is 0.336 e. The molecule has 6 nitrogen and oxygen atoms in total. The van der Waals surface area contributed by atoms with Crippen LogP contribution in [0.5, 0.6) is 0 Å². The van der Waals surface area contributed by atoms with Gasteiger partial charge in [0.25, 0.3) is 5.91 Å². The van der Waals surface area contributed by atoms with Crippen LogP contribution in [0.3, 0.4) is 0 Å². The van der Waals surface area contributed by atoms with Gasteiger partial charge in [0.1, 0.15) is 5.15 Å². The van der Waals surface area contributed by atoms with Crippen molar-refractivity contribution in [1.29, 1.82) is 0 Å². The van der Waals surface area contributed by atoms with Gasteiger partial charge in [-0.15, -0.1) is 0 Å². The van der Waals surface area contributed by atoms with Gasteiger partial charge in [0.15, 0.2) is 0 Å². The Hall–Kier alpha value is -2.81. The van der Waals surface area contributed by atoms with Crippen LogP contribution in [0.15, 0.2) is 30.3 Å². The summed E-state index contributed by atoms with van der Waals surface area (Å²) in [6, 6.07) is 4.37. The number of aromatic nitrogens is 2. The Labute approximate surface area is 195 Å². The molecule has 3 rings (SSSR count). The maximum Gasteiger partial charge on any atom is 0.416 e. The third-order valence-corrected chi connectivity index (χ3v) is 5.75. The first-order valence-corrected chi connectivity index (χ1v) is 11.0. The third kappa shape index (κ3) is 5.96. The molecule has 10 heteroatoms. The quantitative estimate of drug-likeness (QED) is 0.589. The van der Waals surface area contributed by atoms with Crippen molar-refractivity contribution in [3.8, 4) is 0 Å². The predicted molar refractivity (Wildman–Crippen MR) is 120 cm³/mol. The molecule has 1 aromatic heterocycles. The predicted octanol–water partition coefficient (Wildman–Crippen LogP) is 4.52. The van der Waals surface area contributed by atoms with Gasteiger partial charge in [-0.3, -0.25) is 14.3 Å². The Balaban J connectivity index is 1.61. The zero-order chi connectivity index (χ0) is 24.3. The molecular weight excluding hydrogens is 457 g/mol. The number of hydrogen-bond donors (Lipinski definition) is 0. The summed E-state index contributed by atoms with van der Waals surface area (Å²) in [5, 5.41) is 4.89. The number of carbonyl (C=O) groups excluding carboxylic acids is 2. The molecule has 0 unspecified atom stereocenters. The summed E-state index contributed by atoms with van der Waals surface area (Å²) < 4.78 is 40.5. The highest BCUT2D eigenvalue weighted by atomic mass is 35.5. The zero-order valence-corrected chi connectivity index (χ0v) is 19.5. The second kappa shape index (κ2) is 9.99. The van der Waals surface area contributed by atoms with E-state index in [0.717, 1.165) is 17.8 Å². The molecule has 1 fully saturated rings. The average molecular weight is 483 g/mol. The van der Waals surface area contributed by atoms with Crippen LogP contribution < -0.4 is 0 Å². The fourth-order valence-corrected chi connectivity index (χ4v) is 3.93. The summed E-state index contributed by atoms with van der Waals surface area (Å²) in [7, 11) is 0. The molecule has 178 valence electrons. The summed E-state index contributed by atoms with van der Waals surface area (Å²) in [5.41, 5.74) is 0.524. The summed E-state index contributed by atoms with van der Waals surface area (Å²) in [6.45, 7) is 7.66. The van der Waals surface area contributed by atoms with Crippen LogP contribution in [0.25, 0.3) is 6.08 Å². The molecule has 33 heavy (non-hydrogen) atoms. The van der Waals surface area contributed by atoms with E-state index in [0.29, 0.717) is 23.2 Å². The summed E-state index contributed by atoms with van der Waals surface area (Å²) >= 11 is 6.40. The highest BCUT2D eigenvalue weighted by molar-refractivity contribution is 6.31. The van der Waals surface area contributed by atoms with Crippen molar-refractivity contribution in [2.75, 3.05) is 26.2 Å². The largest absolute Gasteiger partial charge is 0.416 e. The van der Waals surface area contributed by atoms with Gasteiger partial charge in [-0.1, -0.05) is 31.5 Å². The second-order valence-corrected chi connectivity index (χ2v) is 8.75. The normalized spacial score (nSPS) is 15.0. The zero-order valence-electron chi connectivity index (χ0n) is 18.7. The number of amides is 2. The molecule has 0 spiro atoms. The van der Waals surface area contributed by atoms with Gasteiger partial charge in [-0.25, -0.2) is 0 Å². The lowest BCUT2D eigenvalue weighted by Gasteiger charge is -2.34. The topological polar surface area (TPSA) is 58.4 Å². The van der Waals surface area contributed by atoms with Crippen LogP contribution >= 0.6 is 11.6 Å². The van der Waals surface area contributed by atoms with Crippen LogP contribution in [-0.2, 0) is 17.5 Å². The molecular formula is C23H26ClF3N4O2. The molecule has 1 aliphatic heterocycles. The lowest BCUT2D eigenvalue weighted by atomic mass is 10.1. The third-order valence-electron chi connectivity index (χ3n) is 5.36. The number of benzene rings is 1. The van der Waals surface area contributed by atoms with E-state index in [-0.39, 0.29) is 37.6 Å². The molecule has 1 aromatic carbocycles. The molecule has 0 aliphatic carbocycles. The second-order valence-electron chi connectivity index (χ2n) is 8.40. The number of halogens is 4. The number of rotatable bonds is 5. The standard InChI is InChI=1S/C23H26ClF3N4O2/c1-15(2)14-31-21(24)19(16(3)28-31)7-8-20(32)29-9-11-30(12-10-29)22(33)17-5-4-6-18(13-17)23(25,26)27/h4-8,13,15H,9-12,14H2,1-3H3. The van der Waals surface area contributed by atoms with E-state index in [1.165, 1.54) is 23.1 Å². The van der Waals surface area contributed by atoms with Crippen LogP contribution in [0, 0.1) is 12.8 Å². The van der Waals surface area contributed by atoms with Crippen molar-refractivity contribution in [2.45, 2.75) is 33.5 Å². The lowest BCUT2D eigenvalue weighted by Crippen LogP contribution is -2.50. The van der Waals surface area contributed by atoms with Gasteiger partial charge < -0.3 is 9.80 Å². The molecule has 2 heterocycles. The maximum atomic E-state index is 12.9. The van der Waals surface area contributed by atoms with E-state index in [4.69, 9.17) is 11.6 Å². The van der Waals surface area contributed by atoms with Crippen LogP contribution in [-0.4, -0.2) is 57.6 Å². The van der Waals surface area contributed by atoms with Crippen molar-refractivity contribution >= 4 is 29.5 Å². The first-order chi connectivity index (χ1) is 15.5. The van der Waals surface area contributed by atoms with Gasteiger partial charge >= 0.3 is 6.18 Å². The van der Waals surface area contributed by atoms with E-state index in [9.17, 15) is 22.8 Å². The summed E-state index contributed by atoms with van der Waals surface area (Å²) in [5.74, 6) is -0.341. The molecule has 0 radical (unpaired) electrons. The first kappa shape index (κ1) is 24.8. The van der Waals surface area contributed by atoms with Gasteiger partial charge in [-0.2, -0.15) is 18.3 Å². The Morgan fingerprint density at radius 2 is 1.79 bits per heavy atom. The summed E-state index contributed by atoms with van der Waals surface area (Å²) in [4.78, 5) is 28.3. The Kier molecular flexibility index (Phi) is 7.51. The minimum atomic E-state index is -4.51. The fraction of sp³-hybridized carbons (Fsp3) is 0.435. The van der Waals surface area contributed by atoms with Gasteiger partial charge in [0.05, 0.1) is 11.3 Å². The fourth-order valence-electron chi connectivity index (χ4n) is 3.62. The first-order valence-electron chi connectivity index (χ1n) is 10.6. The minimum Gasteiger partial charge on any atom is -0.336 e.